The van der Waals surface area contributed by atoms with Gasteiger partial charge >= 0.3 is 0 Å². The van der Waals surface area contributed by atoms with Crippen LogP contribution in [-0.2, 0) is 10.0 Å². The van der Waals surface area contributed by atoms with Crippen LogP contribution < -0.4 is 0 Å². The maximum atomic E-state index is 13.1. The second kappa shape index (κ2) is 6.26. The molecule has 1 heterocycles. The largest absolute Gasteiger partial charge is 0.298 e. The Bertz CT molecular complexity index is 1020. The molecule has 1 atom stereocenters. The highest BCUT2D eigenvalue weighted by Crippen LogP contribution is 2.30. The molecule has 6 heteroatoms. The molecular weight excluding hydrogens is 346 g/mol. The van der Waals surface area contributed by atoms with Crippen molar-refractivity contribution < 1.29 is 13.2 Å². The number of hydrogen-bond donors (Lipinski definition) is 0. The number of carbonyl (C=O) groups excluding carboxylic acids is 1. The monoisotopic (exact) mass is 359 g/mol. The third kappa shape index (κ3) is 2.66. The molecule has 3 rings (SSSR count). The number of rotatable bonds is 5. The highest BCUT2D eigenvalue weighted by molar-refractivity contribution is 7.90. The Kier molecular flexibility index (Phi) is 4.30. The number of hydrogen-bond acceptors (Lipinski definition) is 3. The van der Waals surface area contributed by atoms with Crippen molar-refractivity contribution in [2.75, 3.05) is 0 Å². The van der Waals surface area contributed by atoms with Gasteiger partial charge in [0.15, 0.2) is 6.29 Å². The first-order chi connectivity index (χ1) is 11.5. The Hall–Kier alpha value is -2.37. The van der Waals surface area contributed by atoms with Crippen LogP contribution in [0.4, 0.5) is 0 Å². The standard InChI is InChI=1S/C18H14ClNO3S/c1-2-18(13-7-9-15(19)10-8-13)24(22,23)20-11-14(12-21)16-5-3-4-6-17(16)20/h2-12,18H,1H2. The summed E-state index contributed by atoms with van der Waals surface area (Å²) in [4.78, 5) is 11.3. The Balaban J connectivity index is 2.21. The van der Waals surface area contributed by atoms with Crippen LogP contribution >= 0.6 is 11.6 Å². The zero-order valence-electron chi connectivity index (χ0n) is 12.6. The number of carbonyl (C=O) groups is 1. The van der Waals surface area contributed by atoms with Gasteiger partial charge in [0.05, 0.1) is 5.52 Å². The van der Waals surface area contributed by atoms with Gasteiger partial charge in [0.1, 0.15) is 5.25 Å². The van der Waals surface area contributed by atoms with Crippen molar-refractivity contribution in [3.05, 3.63) is 83.5 Å². The van der Waals surface area contributed by atoms with Crippen LogP contribution in [0.3, 0.4) is 0 Å². The molecule has 24 heavy (non-hydrogen) atoms. The third-order valence-corrected chi connectivity index (χ3v) is 6.05. The number of para-hydroxylation sites is 1. The molecule has 0 radical (unpaired) electrons. The lowest BCUT2D eigenvalue weighted by Crippen LogP contribution is -2.19. The highest BCUT2D eigenvalue weighted by Gasteiger charge is 2.28. The van der Waals surface area contributed by atoms with Crippen LogP contribution in [0, 0.1) is 0 Å². The normalized spacial score (nSPS) is 12.9. The van der Waals surface area contributed by atoms with Crippen molar-refractivity contribution in [1.29, 1.82) is 0 Å². The second-order valence-corrected chi connectivity index (χ2v) is 7.64. The fourth-order valence-electron chi connectivity index (χ4n) is 2.68. The van der Waals surface area contributed by atoms with Crippen molar-refractivity contribution >= 4 is 38.8 Å². The lowest BCUT2D eigenvalue weighted by Gasteiger charge is -2.16. The van der Waals surface area contributed by atoms with Crippen LogP contribution in [0.15, 0.2) is 67.4 Å². The van der Waals surface area contributed by atoms with E-state index in [2.05, 4.69) is 6.58 Å². The van der Waals surface area contributed by atoms with E-state index in [1.165, 1.54) is 12.3 Å². The molecule has 122 valence electrons. The second-order valence-electron chi connectivity index (χ2n) is 5.27. The van der Waals surface area contributed by atoms with E-state index in [0.29, 0.717) is 33.3 Å². The van der Waals surface area contributed by atoms with E-state index >= 15 is 0 Å². The molecule has 0 spiro atoms. The third-order valence-electron chi connectivity index (χ3n) is 3.84. The molecule has 0 fully saturated rings. The molecule has 0 aliphatic heterocycles. The van der Waals surface area contributed by atoms with Gasteiger partial charge in [0.25, 0.3) is 0 Å². The average Bonchev–Trinajstić information content (AvgIpc) is 2.97. The minimum Gasteiger partial charge on any atom is -0.298 e. The molecular formula is C18H14ClNO3S. The SMILES string of the molecule is C=CC(c1ccc(Cl)cc1)S(=O)(=O)n1cc(C=O)c2ccccc21. The summed E-state index contributed by atoms with van der Waals surface area (Å²) >= 11 is 5.87. The summed E-state index contributed by atoms with van der Waals surface area (Å²) in [5, 5.41) is 0.161. The summed E-state index contributed by atoms with van der Waals surface area (Å²) in [5.41, 5.74) is 1.34. The molecule has 0 saturated heterocycles. The summed E-state index contributed by atoms with van der Waals surface area (Å²) in [6.45, 7) is 3.66. The maximum Gasteiger partial charge on any atom is 0.249 e. The minimum absolute atomic E-state index is 0.327. The van der Waals surface area contributed by atoms with Gasteiger partial charge in [0.2, 0.25) is 10.0 Å². The smallest absolute Gasteiger partial charge is 0.249 e. The Morgan fingerprint density at radius 2 is 1.75 bits per heavy atom. The van der Waals surface area contributed by atoms with Crippen molar-refractivity contribution in [2.24, 2.45) is 0 Å². The van der Waals surface area contributed by atoms with E-state index in [-0.39, 0.29) is 0 Å². The predicted octanol–water partition coefficient (Wildman–Crippen LogP) is 4.21. The molecule has 0 saturated carbocycles. The summed E-state index contributed by atoms with van der Waals surface area (Å²) in [6.07, 6.45) is 3.37. The first-order valence-electron chi connectivity index (χ1n) is 7.16. The molecule has 0 aliphatic rings. The molecule has 2 aromatic carbocycles. The van der Waals surface area contributed by atoms with Gasteiger partial charge in [-0.2, -0.15) is 0 Å². The summed E-state index contributed by atoms with van der Waals surface area (Å²) < 4.78 is 27.4. The molecule has 1 unspecified atom stereocenters. The quantitative estimate of drug-likeness (QED) is 0.506. The lowest BCUT2D eigenvalue weighted by atomic mass is 10.1. The average molecular weight is 360 g/mol. The van der Waals surface area contributed by atoms with Gasteiger partial charge in [-0.25, -0.2) is 12.4 Å². The molecule has 3 aromatic rings. The van der Waals surface area contributed by atoms with E-state index in [4.69, 9.17) is 11.6 Å². The first-order valence-corrected chi connectivity index (χ1v) is 9.05. The molecule has 0 amide bonds. The molecule has 4 nitrogen and oxygen atoms in total. The Morgan fingerprint density at radius 3 is 2.38 bits per heavy atom. The van der Waals surface area contributed by atoms with Gasteiger partial charge in [-0.05, 0) is 23.8 Å². The molecule has 0 aliphatic carbocycles. The highest BCUT2D eigenvalue weighted by atomic mass is 35.5. The van der Waals surface area contributed by atoms with Gasteiger partial charge < -0.3 is 0 Å². The van der Waals surface area contributed by atoms with Crippen molar-refractivity contribution in [1.82, 2.24) is 3.97 Å². The summed E-state index contributed by atoms with van der Waals surface area (Å²) in [7, 11) is -3.84. The number of aromatic nitrogens is 1. The van der Waals surface area contributed by atoms with E-state index < -0.39 is 15.3 Å². The number of benzene rings is 2. The van der Waals surface area contributed by atoms with E-state index in [9.17, 15) is 13.2 Å². The van der Waals surface area contributed by atoms with E-state index in [1.54, 1.807) is 48.5 Å². The maximum absolute atomic E-state index is 13.1. The van der Waals surface area contributed by atoms with Crippen molar-refractivity contribution in [3.63, 3.8) is 0 Å². The molecule has 0 bridgehead atoms. The minimum atomic E-state index is -3.84. The van der Waals surface area contributed by atoms with Gasteiger partial charge in [-0.15, -0.1) is 6.58 Å². The lowest BCUT2D eigenvalue weighted by molar-refractivity contribution is 0.112. The zero-order valence-corrected chi connectivity index (χ0v) is 14.2. The molecule has 0 N–H and O–H groups in total. The predicted molar refractivity (Wildman–Crippen MR) is 96.0 cm³/mol. The zero-order chi connectivity index (χ0) is 17.3. The Morgan fingerprint density at radius 1 is 1.08 bits per heavy atom. The fraction of sp³-hybridized carbons (Fsp3) is 0.0556. The van der Waals surface area contributed by atoms with Gasteiger partial charge in [-0.3, -0.25) is 4.79 Å². The van der Waals surface area contributed by atoms with Crippen LogP contribution in [0.1, 0.15) is 21.2 Å². The van der Waals surface area contributed by atoms with Crippen LogP contribution in [-0.4, -0.2) is 18.7 Å². The first kappa shape index (κ1) is 16.5. The molecule has 1 aromatic heterocycles. The van der Waals surface area contributed by atoms with Crippen LogP contribution in [0.2, 0.25) is 5.02 Å². The number of fused-ring (bicyclic) bond motifs is 1. The topological polar surface area (TPSA) is 56.1 Å². The number of aldehydes is 1. The number of nitrogens with zero attached hydrogens (tertiary/aromatic N) is 1. The van der Waals surface area contributed by atoms with Crippen LogP contribution in [0.5, 0.6) is 0 Å². The van der Waals surface area contributed by atoms with E-state index in [0.717, 1.165) is 3.97 Å². The van der Waals surface area contributed by atoms with Crippen molar-refractivity contribution in [3.8, 4) is 0 Å². The van der Waals surface area contributed by atoms with Crippen LogP contribution in [0.25, 0.3) is 10.9 Å². The summed E-state index contributed by atoms with van der Waals surface area (Å²) in [6, 6.07) is 13.4. The summed E-state index contributed by atoms with van der Waals surface area (Å²) in [5.74, 6) is 0. The number of halogens is 1. The fourth-order valence-corrected chi connectivity index (χ4v) is 4.49. The van der Waals surface area contributed by atoms with Gasteiger partial charge in [0, 0.05) is 22.2 Å². The van der Waals surface area contributed by atoms with E-state index in [1.807, 2.05) is 0 Å². The Labute approximate surface area is 145 Å². The van der Waals surface area contributed by atoms with Crippen molar-refractivity contribution in [2.45, 2.75) is 5.25 Å². The van der Waals surface area contributed by atoms with Gasteiger partial charge in [-0.1, -0.05) is 48.0 Å².